The van der Waals surface area contributed by atoms with Gasteiger partial charge in [0.2, 0.25) is 0 Å². The molecule has 88 valence electrons. The molecule has 0 fully saturated rings. The maximum absolute atomic E-state index is 5.79. The average Bonchev–Trinajstić information content (AvgIpc) is 2.33. The third-order valence-electron chi connectivity index (χ3n) is 2.63. The highest BCUT2D eigenvalue weighted by atomic mass is 15.0. The molecule has 3 heteroatoms. The molecule has 0 aliphatic rings. The van der Waals surface area contributed by atoms with Crippen molar-refractivity contribution in [3.05, 3.63) is 54.2 Å². The monoisotopic (exact) mass is 227 g/mol. The fourth-order valence-electron chi connectivity index (χ4n) is 1.82. The second-order valence-corrected chi connectivity index (χ2v) is 4.17. The molecule has 0 aliphatic heterocycles. The van der Waals surface area contributed by atoms with Crippen LogP contribution in [0.1, 0.15) is 12.5 Å². The molecule has 17 heavy (non-hydrogen) atoms. The number of nitrogen functional groups attached to an aromatic ring is 1. The average molecular weight is 227 g/mol. The Hall–Kier alpha value is -2.03. The number of nitrogens with two attached hydrogens (primary N) is 1. The molecule has 1 aromatic carbocycles. The van der Waals surface area contributed by atoms with Gasteiger partial charge in [0, 0.05) is 12.2 Å². The molecule has 1 unspecified atom stereocenters. The van der Waals surface area contributed by atoms with Crippen LogP contribution >= 0.6 is 0 Å². The van der Waals surface area contributed by atoms with Crippen LogP contribution in [0.2, 0.25) is 0 Å². The molecule has 0 saturated heterocycles. The largest absolute Gasteiger partial charge is 0.382 e. The summed E-state index contributed by atoms with van der Waals surface area (Å²) in [6, 6.07) is 14.6. The highest BCUT2D eigenvalue weighted by Crippen LogP contribution is 2.16. The summed E-state index contributed by atoms with van der Waals surface area (Å²) in [5.41, 5.74) is 8.00. The Morgan fingerprint density at radius 3 is 2.65 bits per heavy atom. The standard InChI is InChI=1S/C14H17N3/c1-11(10-12-6-3-2-4-7-12)17-13-8-5-9-16-14(13)15/h2-9,11,17H,10H2,1H3,(H2,15,16). The fraction of sp³-hybridized carbons (Fsp3) is 0.214. The lowest BCUT2D eigenvalue weighted by Crippen LogP contribution is -2.19. The summed E-state index contributed by atoms with van der Waals surface area (Å²) in [6.45, 7) is 2.14. The molecule has 0 amide bonds. The maximum Gasteiger partial charge on any atom is 0.146 e. The number of hydrogen-bond acceptors (Lipinski definition) is 3. The Labute approximate surface area is 102 Å². The van der Waals surface area contributed by atoms with Crippen LogP contribution in [0.4, 0.5) is 11.5 Å². The van der Waals surface area contributed by atoms with Crippen LogP contribution in [0.5, 0.6) is 0 Å². The number of benzene rings is 1. The number of anilines is 2. The van der Waals surface area contributed by atoms with Crippen molar-refractivity contribution in [2.24, 2.45) is 0 Å². The van der Waals surface area contributed by atoms with E-state index in [1.54, 1.807) is 6.20 Å². The Bertz CT molecular complexity index is 468. The summed E-state index contributed by atoms with van der Waals surface area (Å²) >= 11 is 0. The predicted octanol–water partition coefficient (Wildman–Crippen LogP) is 2.71. The quantitative estimate of drug-likeness (QED) is 0.844. The Morgan fingerprint density at radius 1 is 1.18 bits per heavy atom. The smallest absolute Gasteiger partial charge is 0.146 e. The third-order valence-corrected chi connectivity index (χ3v) is 2.63. The normalized spacial score (nSPS) is 12.1. The predicted molar refractivity (Wildman–Crippen MR) is 71.9 cm³/mol. The van der Waals surface area contributed by atoms with Crippen molar-refractivity contribution in [1.82, 2.24) is 4.98 Å². The zero-order valence-electron chi connectivity index (χ0n) is 9.93. The molecule has 0 bridgehead atoms. The van der Waals surface area contributed by atoms with Gasteiger partial charge < -0.3 is 11.1 Å². The van der Waals surface area contributed by atoms with E-state index in [0.29, 0.717) is 11.9 Å². The number of nitrogens with one attached hydrogen (secondary N) is 1. The van der Waals surface area contributed by atoms with E-state index < -0.39 is 0 Å². The molecule has 0 radical (unpaired) electrons. The van der Waals surface area contributed by atoms with E-state index in [-0.39, 0.29) is 0 Å². The second-order valence-electron chi connectivity index (χ2n) is 4.17. The van der Waals surface area contributed by atoms with Gasteiger partial charge in [0.1, 0.15) is 5.82 Å². The molecule has 0 aliphatic carbocycles. The zero-order valence-corrected chi connectivity index (χ0v) is 9.93. The lowest BCUT2D eigenvalue weighted by atomic mass is 10.1. The van der Waals surface area contributed by atoms with E-state index in [2.05, 4.69) is 41.5 Å². The van der Waals surface area contributed by atoms with Gasteiger partial charge in [0.15, 0.2) is 0 Å². The summed E-state index contributed by atoms with van der Waals surface area (Å²) in [7, 11) is 0. The maximum atomic E-state index is 5.79. The minimum atomic E-state index is 0.323. The number of nitrogens with zero attached hydrogens (tertiary/aromatic N) is 1. The first-order chi connectivity index (χ1) is 8.25. The molecule has 3 N–H and O–H groups in total. The van der Waals surface area contributed by atoms with Crippen molar-refractivity contribution in [2.45, 2.75) is 19.4 Å². The van der Waals surface area contributed by atoms with Crippen molar-refractivity contribution < 1.29 is 0 Å². The summed E-state index contributed by atoms with van der Waals surface area (Å²) in [4.78, 5) is 4.05. The van der Waals surface area contributed by atoms with Gasteiger partial charge in [-0.25, -0.2) is 4.98 Å². The Morgan fingerprint density at radius 2 is 1.94 bits per heavy atom. The van der Waals surface area contributed by atoms with Crippen molar-refractivity contribution in [3.8, 4) is 0 Å². The summed E-state index contributed by atoms with van der Waals surface area (Å²) in [5, 5.41) is 3.37. The molecular weight excluding hydrogens is 210 g/mol. The number of hydrogen-bond donors (Lipinski definition) is 2. The van der Waals surface area contributed by atoms with Gasteiger partial charge in [0.05, 0.1) is 5.69 Å². The summed E-state index contributed by atoms with van der Waals surface area (Å²) < 4.78 is 0. The molecule has 1 aromatic heterocycles. The van der Waals surface area contributed by atoms with E-state index >= 15 is 0 Å². The first-order valence-electron chi connectivity index (χ1n) is 5.76. The van der Waals surface area contributed by atoms with E-state index in [1.807, 2.05) is 18.2 Å². The van der Waals surface area contributed by atoms with E-state index in [4.69, 9.17) is 5.73 Å². The van der Waals surface area contributed by atoms with Gasteiger partial charge >= 0.3 is 0 Å². The highest BCUT2D eigenvalue weighted by Gasteiger charge is 2.05. The topological polar surface area (TPSA) is 50.9 Å². The summed E-state index contributed by atoms with van der Waals surface area (Å²) in [5.74, 6) is 0.549. The van der Waals surface area contributed by atoms with Gasteiger partial charge in [0.25, 0.3) is 0 Å². The minimum absolute atomic E-state index is 0.323. The lowest BCUT2D eigenvalue weighted by Gasteiger charge is -2.16. The molecule has 3 nitrogen and oxygen atoms in total. The van der Waals surface area contributed by atoms with Gasteiger partial charge in [-0.3, -0.25) is 0 Å². The van der Waals surface area contributed by atoms with Gasteiger partial charge in [-0.2, -0.15) is 0 Å². The van der Waals surface area contributed by atoms with Crippen molar-refractivity contribution in [1.29, 1.82) is 0 Å². The van der Waals surface area contributed by atoms with Crippen LogP contribution in [-0.4, -0.2) is 11.0 Å². The van der Waals surface area contributed by atoms with Gasteiger partial charge in [-0.05, 0) is 31.0 Å². The summed E-state index contributed by atoms with van der Waals surface area (Å²) in [6.07, 6.45) is 2.66. The fourth-order valence-corrected chi connectivity index (χ4v) is 1.82. The SMILES string of the molecule is CC(Cc1ccccc1)Nc1cccnc1N. The first-order valence-corrected chi connectivity index (χ1v) is 5.76. The van der Waals surface area contributed by atoms with Crippen LogP contribution in [0.3, 0.4) is 0 Å². The lowest BCUT2D eigenvalue weighted by molar-refractivity contribution is 0.790. The zero-order chi connectivity index (χ0) is 12.1. The van der Waals surface area contributed by atoms with Crippen LogP contribution in [0.25, 0.3) is 0 Å². The molecule has 1 heterocycles. The Kier molecular flexibility index (Phi) is 3.60. The number of aromatic nitrogens is 1. The Balaban J connectivity index is 1.98. The number of pyridine rings is 1. The van der Waals surface area contributed by atoms with E-state index in [0.717, 1.165) is 12.1 Å². The molecular formula is C14H17N3. The van der Waals surface area contributed by atoms with Crippen LogP contribution in [-0.2, 0) is 6.42 Å². The van der Waals surface area contributed by atoms with Crippen LogP contribution < -0.4 is 11.1 Å². The van der Waals surface area contributed by atoms with Crippen LogP contribution in [0.15, 0.2) is 48.7 Å². The number of rotatable bonds is 4. The van der Waals surface area contributed by atoms with Crippen molar-refractivity contribution in [2.75, 3.05) is 11.1 Å². The molecule has 2 aromatic rings. The van der Waals surface area contributed by atoms with E-state index in [1.165, 1.54) is 5.56 Å². The molecule has 2 rings (SSSR count). The first kappa shape index (κ1) is 11.5. The van der Waals surface area contributed by atoms with Gasteiger partial charge in [-0.15, -0.1) is 0 Å². The van der Waals surface area contributed by atoms with Crippen molar-refractivity contribution >= 4 is 11.5 Å². The van der Waals surface area contributed by atoms with Crippen molar-refractivity contribution in [3.63, 3.8) is 0 Å². The van der Waals surface area contributed by atoms with Gasteiger partial charge in [-0.1, -0.05) is 30.3 Å². The molecule has 1 atom stereocenters. The second kappa shape index (κ2) is 5.34. The third kappa shape index (κ3) is 3.21. The molecule has 0 spiro atoms. The highest BCUT2D eigenvalue weighted by molar-refractivity contribution is 5.61. The van der Waals surface area contributed by atoms with Crippen LogP contribution in [0, 0.1) is 0 Å². The van der Waals surface area contributed by atoms with E-state index in [9.17, 15) is 0 Å². The minimum Gasteiger partial charge on any atom is -0.382 e. The molecule has 0 saturated carbocycles.